The number of para-hydroxylation sites is 1. The Labute approximate surface area is 195 Å². The van der Waals surface area contributed by atoms with Crippen molar-refractivity contribution < 1.29 is 18.9 Å². The standard InChI is InChI=1S/C26H25F3N4O/c1-16-9-10-19(17(2)11-16)15-32-24(12-23(26(27,28)29)21(13-30)25(32)34)22-14-31-33(18(22)3)20-7-5-4-6-8-20/h4-12,14H,13,15,30H2,1-3H3/p+1. The lowest BCUT2D eigenvalue weighted by molar-refractivity contribution is -0.387. The zero-order valence-corrected chi connectivity index (χ0v) is 19.3. The molecule has 5 nitrogen and oxygen atoms in total. The van der Waals surface area contributed by atoms with Gasteiger partial charge in [-0.15, -0.1) is 0 Å². The fourth-order valence-electron chi connectivity index (χ4n) is 4.25. The lowest BCUT2D eigenvalue weighted by Gasteiger charge is -2.19. The summed E-state index contributed by atoms with van der Waals surface area (Å²) < 4.78 is 44.9. The van der Waals surface area contributed by atoms with Gasteiger partial charge in [0, 0.05) is 5.56 Å². The summed E-state index contributed by atoms with van der Waals surface area (Å²) in [4.78, 5) is 13.4. The lowest BCUT2D eigenvalue weighted by atomic mass is 10.0. The summed E-state index contributed by atoms with van der Waals surface area (Å²) in [6.45, 7) is 5.56. The Bertz CT molecular complexity index is 1400. The van der Waals surface area contributed by atoms with E-state index < -0.39 is 17.3 Å². The van der Waals surface area contributed by atoms with E-state index >= 15 is 0 Å². The first-order chi connectivity index (χ1) is 16.1. The van der Waals surface area contributed by atoms with Crippen LogP contribution in [0.2, 0.25) is 0 Å². The molecule has 0 spiro atoms. The SMILES string of the molecule is Cc1ccc(Cn2c(-c3cnn(-c4ccccc4)c3C)cc(C(F)(F)F)c(C[NH3+])c2=O)c(C)c1. The Morgan fingerprint density at radius 3 is 2.32 bits per heavy atom. The van der Waals surface area contributed by atoms with E-state index in [1.807, 2.05) is 62.4 Å². The second-order valence-electron chi connectivity index (χ2n) is 8.38. The number of aromatic nitrogens is 3. The lowest BCUT2D eigenvalue weighted by Crippen LogP contribution is -2.51. The third-order valence-corrected chi connectivity index (χ3v) is 6.07. The molecule has 0 amide bonds. The number of rotatable bonds is 5. The van der Waals surface area contributed by atoms with Gasteiger partial charge < -0.3 is 10.3 Å². The molecule has 2 heterocycles. The van der Waals surface area contributed by atoms with Crippen LogP contribution in [0.1, 0.15) is 33.5 Å². The highest BCUT2D eigenvalue weighted by atomic mass is 19.4. The molecule has 0 unspecified atom stereocenters. The Morgan fingerprint density at radius 1 is 1.00 bits per heavy atom. The largest absolute Gasteiger partial charge is 0.417 e. The molecule has 4 aromatic rings. The molecular weight excluding hydrogens is 441 g/mol. The zero-order chi connectivity index (χ0) is 24.6. The zero-order valence-electron chi connectivity index (χ0n) is 19.3. The molecule has 34 heavy (non-hydrogen) atoms. The van der Waals surface area contributed by atoms with Gasteiger partial charge in [0.25, 0.3) is 5.56 Å². The van der Waals surface area contributed by atoms with Gasteiger partial charge in [-0.1, -0.05) is 42.0 Å². The molecule has 176 valence electrons. The number of quaternary nitrogens is 1. The summed E-state index contributed by atoms with van der Waals surface area (Å²) in [5.74, 6) is 0. The summed E-state index contributed by atoms with van der Waals surface area (Å²) >= 11 is 0. The first kappa shape index (κ1) is 23.5. The van der Waals surface area contributed by atoms with Crippen molar-refractivity contribution in [1.29, 1.82) is 0 Å². The fraction of sp³-hybridized carbons (Fsp3) is 0.231. The summed E-state index contributed by atoms with van der Waals surface area (Å²) in [5.41, 5.74) is 6.57. The number of nitrogens with zero attached hydrogens (tertiary/aromatic N) is 3. The molecule has 3 N–H and O–H groups in total. The van der Waals surface area contributed by atoms with Crippen LogP contribution in [-0.4, -0.2) is 14.3 Å². The van der Waals surface area contributed by atoms with Crippen molar-refractivity contribution in [2.45, 2.75) is 40.0 Å². The van der Waals surface area contributed by atoms with E-state index in [-0.39, 0.29) is 24.3 Å². The van der Waals surface area contributed by atoms with Crippen LogP contribution in [0.4, 0.5) is 13.2 Å². The highest BCUT2D eigenvalue weighted by Crippen LogP contribution is 2.35. The van der Waals surface area contributed by atoms with Crippen LogP contribution in [0.15, 0.2) is 65.6 Å². The van der Waals surface area contributed by atoms with Gasteiger partial charge in [-0.3, -0.25) is 4.79 Å². The van der Waals surface area contributed by atoms with Crippen molar-refractivity contribution in [3.8, 4) is 16.9 Å². The quantitative estimate of drug-likeness (QED) is 0.472. The monoisotopic (exact) mass is 467 g/mol. The van der Waals surface area contributed by atoms with Crippen molar-refractivity contribution in [3.05, 3.63) is 105 Å². The van der Waals surface area contributed by atoms with Crippen LogP contribution in [0.25, 0.3) is 16.9 Å². The van der Waals surface area contributed by atoms with Gasteiger partial charge in [-0.25, -0.2) is 4.68 Å². The smallest absolute Gasteiger partial charge is 0.354 e. The van der Waals surface area contributed by atoms with Gasteiger partial charge in [0.1, 0.15) is 6.54 Å². The molecule has 0 saturated heterocycles. The molecule has 0 bridgehead atoms. The molecular formula is C26H26F3N4O+. The van der Waals surface area contributed by atoms with Gasteiger partial charge in [-0.05, 0) is 50.1 Å². The van der Waals surface area contributed by atoms with E-state index in [4.69, 9.17) is 0 Å². The van der Waals surface area contributed by atoms with Gasteiger partial charge in [0.05, 0.1) is 40.9 Å². The van der Waals surface area contributed by atoms with Crippen LogP contribution < -0.4 is 11.3 Å². The Kier molecular flexibility index (Phi) is 6.18. The van der Waals surface area contributed by atoms with Crippen molar-refractivity contribution >= 4 is 0 Å². The summed E-state index contributed by atoms with van der Waals surface area (Å²) in [6.07, 6.45) is -3.16. The minimum Gasteiger partial charge on any atom is -0.354 e. The van der Waals surface area contributed by atoms with Crippen molar-refractivity contribution in [2.75, 3.05) is 0 Å². The van der Waals surface area contributed by atoms with E-state index in [1.165, 1.54) is 10.8 Å². The van der Waals surface area contributed by atoms with Crippen LogP contribution >= 0.6 is 0 Å². The molecule has 0 aliphatic heterocycles. The third-order valence-electron chi connectivity index (χ3n) is 6.07. The minimum atomic E-state index is -4.68. The molecule has 0 aliphatic rings. The molecule has 2 aromatic carbocycles. The highest BCUT2D eigenvalue weighted by molar-refractivity contribution is 5.64. The van der Waals surface area contributed by atoms with E-state index in [9.17, 15) is 18.0 Å². The maximum Gasteiger partial charge on any atom is 0.417 e. The van der Waals surface area contributed by atoms with E-state index in [2.05, 4.69) is 10.8 Å². The molecule has 8 heteroatoms. The second-order valence-corrected chi connectivity index (χ2v) is 8.38. The van der Waals surface area contributed by atoms with Gasteiger partial charge in [0.2, 0.25) is 0 Å². The number of pyridine rings is 1. The van der Waals surface area contributed by atoms with Crippen molar-refractivity contribution in [2.24, 2.45) is 0 Å². The summed E-state index contributed by atoms with van der Waals surface area (Å²) in [5, 5.41) is 4.41. The van der Waals surface area contributed by atoms with Crippen molar-refractivity contribution in [1.82, 2.24) is 14.3 Å². The Balaban J connectivity index is 1.98. The number of halogens is 3. The molecule has 0 aliphatic carbocycles. The van der Waals surface area contributed by atoms with E-state index in [0.717, 1.165) is 28.4 Å². The molecule has 2 aromatic heterocycles. The number of hydrogen-bond donors (Lipinski definition) is 1. The fourth-order valence-corrected chi connectivity index (χ4v) is 4.25. The highest BCUT2D eigenvalue weighted by Gasteiger charge is 2.37. The third kappa shape index (κ3) is 4.28. The first-order valence-corrected chi connectivity index (χ1v) is 10.9. The minimum absolute atomic E-state index is 0.140. The topological polar surface area (TPSA) is 67.5 Å². The first-order valence-electron chi connectivity index (χ1n) is 10.9. The summed E-state index contributed by atoms with van der Waals surface area (Å²) in [7, 11) is 0. The van der Waals surface area contributed by atoms with Gasteiger partial charge >= 0.3 is 6.18 Å². The maximum absolute atomic E-state index is 14.0. The summed E-state index contributed by atoms with van der Waals surface area (Å²) in [6, 6.07) is 16.2. The second kappa shape index (κ2) is 8.95. The van der Waals surface area contributed by atoms with E-state index in [1.54, 1.807) is 11.6 Å². The van der Waals surface area contributed by atoms with Crippen LogP contribution in [0.3, 0.4) is 0 Å². The maximum atomic E-state index is 14.0. The van der Waals surface area contributed by atoms with Crippen molar-refractivity contribution in [3.63, 3.8) is 0 Å². The Hall–Kier alpha value is -3.65. The van der Waals surface area contributed by atoms with E-state index in [0.29, 0.717) is 11.3 Å². The molecule has 0 fully saturated rings. The predicted octanol–water partition coefficient (Wildman–Crippen LogP) is 4.44. The van der Waals surface area contributed by atoms with Gasteiger partial charge in [-0.2, -0.15) is 18.3 Å². The predicted molar refractivity (Wildman–Crippen MR) is 125 cm³/mol. The van der Waals surface area contributed by atoms with Crippen LogP contribution in [-0.2, 0) is 19.3 Å². The van der Waals surface area contributed by atoms with Gasteiger partial charge in [0.15, 0.2) is 0 Å². The Morgan fingerprint density at radius 2 is 1.71 bits per heavy atom. The average Bonchev–Trinajstić information content (AvgIpc) is 3.17. The van der Waals surface area contributed by atoms with Crippen LogP contribution in [0.5, 0.6) is 0 Å². The number of hydrogen-bond acceptors (Lipinski definition) is 2. The molecule has 0 radical (unpaired) electrons. The number of aryl methyl sites for hydroxylation is 2. The molecule has 4 rings (SSSR count). The average molecular weight is 468 g/mol. The molecule has 0 saturated carbocycles. The number of benzene rings is 2. The normalized spacial score (nSPS) is 11.7. The molecule has 0 atom stereocenters. The number of alkyl halides is 3. The van der Waals surface area contributed by atoms with Crippen LogP contribution in [0, 0.1) is 20.8 Å².